The molecule has 1 aromatic carbocycles. The Kier molecular flexibility index (Phi) is 4.81. The molecule has 0 fully saturated rings. The summed E-state index contributed by atoms with van der Waals surface area (Å²) in [5.74, 6) is 0.876. The Balaban J connectivity index is 1.94. The summed E-state index contributed by atoms with van der Waals surface area (Å²) in [5.41, 5.74) is 12.6. The van der Waals surface area contributed by atoms with E-state index in [1.54, 1.807) is 0 Å². The third-order valence-electron chi connectivity index (χ3n) is 2.69. The summed E-state index contributed by atoms with van der Waals surface area (Å²) in [6, 6.07) is 10.3. The lowest BCUT2D eigenvalue weighted by molar-refractivity contribution is 0.616. The number of hydrogen-bond acceptors (Lipinski definition) is 5. The van der Waals surface area contributed by atoms with Crippen LogP contribution in [0, 0.1) is 0 Å². The molecule has 0 aliphatic heterocycles. The standard InChI is InChI=1S/C13H18N4S/c14-7-6-11(15)9-13-16-12(17-18-13)8-10-4-2-1-3-5-10/h1-5,11H,6-9,14-15H2. The van der Waals surface area contributed by atoms with E-state index in [1.807, 2.05) is 18.2 Å². The van der Waals surface area contributed by atoms with Gasteiger partial charge in [-0.1, -0.05) is 30.3 Å². The fourth-order valence-corrected chi connectivity index (χ4v) is 2.51. The van der Waals surface area contributed by atoms with Gasteiger partial charge in [-0.15, -0.1) is 0 Å². The van der Waals surface area contributed by atoms with Gasteiger partial charge >= 0.3 is 0 Å². The maximum absolute atomic E-state index is 5.94. The molecule has 1 atom stereocenters. The highest BCUT2D eigenvalue weighted by Crippen LogP contribution is 2.11. The SMILES string of the molecule is NCCC(N)Cc1nc(Cc2ccccc2)ns1. The van der Waals surface area contributed by atoms with Crippen LogP contribution in [-0.4, -0.2) is 21.9 Å². The minimum absolute atomic E-state index is 0.0903. The first-order valence-corrected chi connectivity index (χ1v) is 6.86. The van der Waals surface area contributed by atoms with Crippen LogP contribution in [0.2, 0.25) is 0 Å². The Morgan fingerprint density at radius 3 is 2.72 bits per heavy atom. The molecule has 5 heteroatoms. The van der Waals surface area contributed by atoms with Crippen molar-refractivity contribution in [3.63, 3.8) is 0 Å². The van der Waals surface area contributed by atoms with Crippen LogP contribution >= 0.6 is 11.5 Å². The quantitative estimate of drug-likeness (QED) is 0.823. The molecular formula is C13H18N4S. The van der Waals surface area contributed by atoms with Crippen LogP contribution in [0.3, 0.4) is 0 Å². The van der Waals surface area contributed by atoms with Crippen molar-refractivity contribution in [2.45, 2.75) is 25.3 Å². The van der Waals surface area contributed by atoms with Crippen molar-refractivity contribution in [3.05, 3.63) is 46.7 Å². The molecule has 0 aliphatic carbocycles. The van der Waals surface area contributed by atoms with E-state index in [4.69, 9.17) is 11.5 Å². The predicted octanol–water partition coefficient (Wildman–Crippen LogP) is 1.35. The molecule has 1 unspecified atom stereocenters. The van der Waals surface area contributed by atoms with E-state index in [1.165, 1.54) is 17.1 Å². The number of rotatable bonds is 6. The van der Waals surface area contributed by atoms with E-state index in [0.29, 0.717) is 6.54 Å². The lowest BCUT2D eigenvalue weighted by Crippen LogP contribution is -2.25. The molecule has 0 amide bonds. The van der Waals surface area contributed by atoms with Gasteiger partial charge < -0.3 is 11.5 Å². The Bertz CT molecular complexity index is 469. The van der Waals surface area contributed by atoms with Crippen LogP contribution in [0.5, 0.6) is 0 Å². The van der Waals surface area contributed by atoms with Gasteiger partial charge in [0.25, 0.3) is 0 Å². The molecule has 0 aliphatic rings. The summed E-state index contributed by atoms with van der Waals surface area (Å²) >= 11 is 1.44. The molecule has 1 heterocycles. The zero-order valence-electron chi connectivity index (χ0n) is 10.2. The summed E-state index contributed by atoms with van der Waals surface area (Å²) in [4.78, 5) is 4.51. The topological polar surface area (TPSA) is 77.8 Å². The second-order valence-electron chi connectivity index (χ2n) is 4.31. The zero-order chi connectivity index (χ0) is 12.8. The van der Waals surface area contributed by atoms with Crippen molar-refractivity contribution < 1.29 is 0 Å². The third kappa shape index (κ3) is 3.87. The molecule has 0 saturated carbocycles. The van der Waals surface area contributed by atoms with Crippen molar-refractivity contribution in [3.8, 4) is 0 Å². The first-order valence-electron chi connectivity index (χ1n) is 6.09. The minimum Gasteiger partial charge on any atom is -0.330 e. The molecule has 1 aromatic heterocycles. The van der Waals surface area contributed by atoms with Gasteiger partial charge in [0.15, 0.2) is 0 Å². The molecule has 0 saturated heterocycles. The van der Waals surface area contributed by atoms with Crippen LogP contribution in [0.15, 0.2) is 30.3 Å². The van der Waals surface area contributed by atoms with Crippen molar-refractivity contribution in [2.75, 3.05) is 6.54 Å². The van der Waals surface area contributed by atoms with Gasteiger partial charge in [0, 0.05) is 18.9 Å². The fourth-order valence-electron chi connectivity index (χ4n) is 1.76. The first kappa shape index (κ1) is 13.1. The lowest BCUT2D eigenvalue weighted by Gasteiger charge is -2.06. The van der Waals surface area contributed by atoms with Gasteiger partial charge in [-0.2, -0.15) is 4.37 Å². The molecule has 2 rings (SSSR count). The Morgan fingerprint density at radius 1 is 1.22 bits per heavy atom. The van der Waals surface area contributed by atoms with Crippen molar-refractivity contribution >= 4 is 11.5 Å². The Hall–Kier alpha value is -1.30. The van der Waals surface area contributed by atoms with Crippen molar-refractivity contribution in [1.82, 2.24) is 9.36 Å². The van der Waals surface area contributed by atoms with E-state index >= 15 is 0 Å². The van der Waals surface area contributed by atoms with E-state index in [0.717, 1.165) is 30.1 Å². The normalized spacial score (nSPS) is 12.6. The van der Waals surface area contributed by atoms with Crippen LogP contribution in [-0.2, 0) is 12.8 Å². The van der Waals surface area contributed by atoms with Crippen molar-refractivity contribution in [1.29, 1.82) is 0 Å². The zero-order valence-corrected chi connectivity index (χ0v) is 11.1. The smallest absolute Gasteiger partial charge is 0.146 e. The van der Waals surface area contributed by atoms with Crippen LogP contribution in [0.1, 0.15) is 22.8 Å². The van der Waals surface area contributed by atoms with Gasteiger partial charge in [0.05, 0.1) is 0 Å². The Morgan fingerprint density at radius 2 is 2.00 bits per heavy atom. The molecule has 0 radical (unpaired) electrons. The number of benzene rings is 1. The fraction of sp³-hybridized carbons (Fsp3) is 0.385. The molecule has 4 nitrogen and oxygen atoms in total. The number of aromatic nitrogens is 2. The van der Waals surface area contributed by atoms with Crippen molar-refractivity contribution in [2.24, 2.45) is 11.5 Å². The summed E-state index contributed by atoms with van der Waals surface area (Å²) in [7, 11) is 0. The third-order valence-corrected chi connectivity index (χ3v) is 3.46. The molecule has 0 bridgehead atoms. The maximum Gasteiger partial charge on any atom is 0.146 e. The number of nitrogens with zero attached hydrogens (tertiary/aromatic N) is 2. The highest BCUT2D eigenvalue weighted by atomic mass is 32.1. The summed E-state index contributed by atoms with van der Waals surface area (Å²) in [6.45, 7) is 0.622. The largest absolute Gasteiger partial charge is 0.330 e. The monoisotopic (exact) mass is 262 g/mol. The van der Waals surface area contributed by atoms with E-state index in [2.05, 4.69) is 21.5 Å². The van der Waals surface area contributed by atoms with Gasteiger partial charge in [0.1, 0.15) is 10.8 Å². The van der Waals surface area contributed by atoms with Crippen LogP contribution in [0.4, 0.5) is 0 Å². The predicted molar refractivity (Wildman–Crippen MR) is 74.5 cm³/mol. The minimum atomic E-state index is 0.0903. The molecule has 2 aromatic rings. The van der Waals surface area contributed by atoms with Crippen LogP contribution < -0.4 is 11.5 Å². The van der Waals surface area contributed by atoms with E-state index < -0.39 is 0 Å². The van der Waals surface area contributed by atoms with Gasteiger partial charge in [0.2, 0.25) is 0 Å². The van der Waals surface area contributed by atoms with E-state index in [-0.39, 0.29) is 6.04 Å². The maximum atomic E-state index is 5.94. The molecular weight excluding hydrogens is 244 g/mol. The highest BCUT2D eigenvalue weighted by Gasteiger charge is 2.09. The highest BCUT2D eigenvalue weighted by molar-refractivity contribution is 7.05. The second-order valence-corrected chi connectivity index (χ2v) is 5.14. The summed E-state index contributed by atoms with van der Waals surface area (Å²) in [6.07, 6.45) is 2.38. The lowest BCUT2D eigenvalue weighted by atomic mass is 10.1. The molecule has 18 heavy (non-hydrogen) atoms. The van der Waals surface area contributed by atoms with Gasteiger partial charge in [-0.3, -0.25) is 0 Å². The van der Waals surface area contributed by atoms with Gasteiger partial charge in [-0.25, -0.2) is 4.98 Å². The van der Waals surface area contributed by atoms with Crippen LogP contribution in [0.25, 0.3) is 0 Å². The first-order chi connectivity index (χ1) is 8.78. The Labute approximate surface area is 111 Å². The van der Waals surface area contributed by atoms with Gasteiger partial charge in [-0.05, 0) is 30.1 Å². The van der Waals surface area contributed by atoms with E-state index in [9.17, 15) is 0 Å². The average molecular weight is 262 g/mol. The number of nitrogens with two attached hydrogens (primary N) is 2. The molecule has 0 spiro atoms. The number of hydrogen-bond donors (Lipinski definition) is 2. The molecule has 4 N–H and O–H groups in total. The summed E-state index contributed by atoms with van der Waals surface area (Å²) < 4.78 is 4.37. The second kappa shape index (κ2) is 6.58. The molecule has 96 valence electrons. The summed E-state index contributed by atoms with van der Waals surface area (Å²) in [5, 5.41) is 1.00. The average Bonchev–Trinajstić information content (AvgIpc) is 2.78.